The van der Waals surface area contributed by atoms with Gasteiger partial charge in [-0.2, -0.15) is 0 Å². The number of likely N-dealkylation sites (tertiary alicyclic amines) is 1. The van der Waals surface area contributed by atoms with Crippen LogP contribution in [0, 0.1) is 5.82 Å². The highest BCUT2D eigenvalue weighted by Crippen LogP contribution is 2.32. The van der Waals surface area contributed by atoms with Crippen molar-refractivity contribution in [3.05, 3.63) is 77.6 Å². The zero-order valence-electron chi connectivity index (χ0n) is 16.7. The molecule has 1 saturated heterocycles. The van der Waals surface area contributed by atoms with Crippen molar-refractivity contribution >= 4 is 16.7 Å². The first kappa shape index (κ1) is 19.4. The van der Waals surface area contributed by atoms with E-state index in [4.69, 9.17) is 4.74 Å². The van der Waals surface area contributed by atoms with Crippen LogP contribution in [0.4, 0.5) is 4.39 Å². The number of benzene rings is 3. The number of carbonyl (C=O) groups excluding carboxylic acids is 1. The Balaban J connectivity index is 1.69. The molecule has 1 aliphatic rings. The maximum atomic E-state index is 13.7. The quantitative estimate of drug-likeness (QED) is 0.564. The van der Waals surface area contributed by atoms with E-state index in [1.54, 1.807) is 0 Å². The van der Waals surface area contributed by atoms with Crippen LogP contribution in [0.3, 0.4) is 0 Å². The van der Waals surface area contributed by atoms with Gasteiger partial charge >= 0.3 is 0 Å². The largest absolute Gasteiger partial charge is 0.493 e. The van der Waals surface area contributed by atoms with Crippen molar-refractivity contribution in [3.8, 4) is 5.75 Å². The first-order valence-corrected chi connectivity index (χ1v) is 10.4. The normalized spacial score (nSPS) is 17.2. The third-order valence-corrected chi connectivity index (χ3v) is 5.70. The molecule has 1 aliphatic heterocycles. The Kier molecular flexibility index (Phi) is 5.79. The third kappa shape index (κ3) is 4.12. The molecule has 0 radical (unpaired) electrons. The molecule has 0 N–H and O–H groups in total. The molecule has 0 bridgehead atoms. The van der Waals surface area contributed by atoms with Crippen LogP contribution in [0.1, 0.15) is 48.0 Å². The van der Waals surface area contributed by atoms with Gasteiger partial charge in [-0.25, -0.2) is 4.39 Å². The number of halogens is 1. The molecule has 3 nitrogen and oxygen atoms in total. The maximum Gasteiger partial charge on any atom is 0.258 e. The third-order valence-electron chi connectivity index (χ3n) is 5.70. The minimum Gasteiger partial charge on any atom is -0.493 e. The molecule has 1 heterocycles. The summed E-state index contributed by atoms with van der Waals surface area (Å²) in [6, 6.07) is 18.5. The lowest BCUT2D eigenvalue weighted by Gasteiger charge is -2.26. The van der Waals surface area contributed by atoms with Crippen LogP contribution in [0.5, 0.6) is 5.75 Å². The Morgan fingerprint density at radius 3 is 2.66 bits per heavy atom. The van der Waals surface area contributed by atoms with Crippen molar-refractivity contribution in [1.29, 1.82) is 0 Å². The smallest absolute Gasteiger partial charge is 0.258 e. The molecule has 1 atom stereocenters. The van der Waals surface area contributed by atoms with Crippen molar-refractivity contribution in [2.75, 3.05) is 19.7 Å². The fourth-order valence-electron chi connectivity index (χ4n) is 4.24. The Morgan fingerprint density at radius 2 is 1.86 bits per heavy atom. The molecule has 1 unspecified atom stereocenters. The first-order chi connectivity index (χ1) is 14.2. The van der Waals surface area contributed by atoms with Crippen molar-refractivity contribution in [1.82, 2.24) is 4.90 Å². The van der Waals surface area contributed by atoms with E-state index in [9.17, 15) is 9.18 Å². The lowest BCUT2D eigenvalue weighted by atomic mass is 9.94. The summed E-state index contributed by atoms with van der Waals surface area (Å²) in [5, 5.41) is 1.95. The van der Waals surface area contributed by atoms with Gasteiger partial charge in [-0.3, -0.25) is 4.79 Å². The van der Waals surface area contributed by atoms with Gasteiger partial charge in [-0.1, -0.05) is 48.9 Å². The van der Waals surface area contributed by atoms with E-state index in [1.165, 1.54) is 12.1 Å². The van der Waals surface area contributed by atoms with E-state index in [1.807, 2.05) is 60.4 Å². The van der Waals surface area contributed by atoms with Gasteiger partial charge in [0.2, 0.25) is 0 Å². The second kappa shape index (κ2) is 8.64. The SMILES string of the molecule is CCOc1ccc2ccccc2c1C(=O)N1CCCCC(c2ccc(F)cc2)C1. The summed E-state index contributed by atoms with van der Waals surface area (Å²) in [5.74, 6) is 0.637. The maximum absolute atomic E-state index is 13.7. The highest BCUT2D eigenvalue weighted by atomic mass is 19.1. The zero-order chi connectivity index (χ0) is 20.2. The lowest BCUT2D eigenvalue weighted by Crippen LogP contribution is -2.34. The fourth-order valence-corrected chi connectivity index (χ4v) is 4.24. The monoisotopic (exact) mass is 391 g/mol. The molecule has 3 aromatic carbocycles. The Labute approximate surface area is 171 Å². The van der Waals surface area contributed by atoms with Crippen LogP contribution < -0.4 is 4.74 Å². The van der Waals surface area contributed by atoms with Gasteiger partial charge in [-0.15, -0.1) is 0 Å². The number of hydrogen-bond donors (Lipinski definition) is 0. The molecule has 1 amide bonds. The molecule has 0 spiro atoms. The van der Waals surface area contributed by atoms with E-state index >= 15 is 0 Å². The van der Waals surface area contributed by atoms with E-state index in [-0.39, 0.29) is 17.6 Å². The van der Waals surface area contributed by atoms with Gasteiger partial charge in [0, 0.05) is 19.0 Å². The molecule has 4 rings (SSSR count). The fraction of sp³-hybridized carbons (Fsp3) is 0.320. The molecule has 150 valence electrons. The van der Waals surface area contributed by atoms with Crippen molar-refractivity contribution in [3.63, 3.8) is 0 Å². The van der Waals surface area contributed by atoms with Gasteiger partial charge in [0.25, 0.3) is 5.91 Å². The second-order valence-electron chi connectivity index (χ2n) is 7.59. The Morgan fingerprint density at radius 1 is 1.07 bits per heavy atom. The van der Waals surface area contributed by atoms with E-state index in [2.05, 4.69) is 0 Å². The summed E-state index contributed by atoms with van der Waals surface area (Å²) in [5.41, 5.74) is 1.73. The highest BCUT2D eigenvalue weighted by molar-refractivity contribution is 6.09. The van der Waals surface area contributed by atoms with Crippen LogP contribution in [0.2, 0.25) is 0 Å². The summed E-state index contributed by atoms with van der Waals surface area (Å²) < 4.78 is 19.2. The van der Waals surface area contributed by atoms with Crippen LogP contribution in [0.15, 0.2) is 60.7 Å². The number of amides is 1. The molecule has 29 heavy (non-hydrogen) atoms. The lowest BCUT2D eigenvalue weighted by molar-refractivity contribution is 0.0752. The summed E-state index contributed by atoms with van der Waals surface area (Å²) >= 11 is 0. The first-order valence-electron chi connectivity index (χ1n) is 10.4. The molecule has 0 aromatic heterocycles. The molecular formula is C25H26FNO2. The summed E-state index contributed by atoms with van der Waals surface area (Å²) in [6.07, 6.45) is 3.03. The number of rotatable bonds is 4. The molecule has 3 aromatic rings. The summed E-state index contributed by atoms with van der Waals surface area (Å²) in [7, 11) is 0. The minimum absolute atomic E-state index is 0.0132. The highest BCUT2D eigenvalue weighted by Gasteiger charge is 2.27. The second-order valence-corrected chi connectivity index (χ2v) is 7.59. The van der Waals surface area contributed by atoms with Gasteiger partial charge in [0.15, 0.2) is 0 Å². The van der Waals surface area contributed by atoms with Gasteiger partial charge in [0.05, 0.1) is 12.2 Å². The number of carbonyl (C=O) groups is 1. The number of nitrogens with zero attached hydrogens (tertiary/aromatic N) is 1. The average Bonchev–Trinajstić information content (AvgIpc) is 3.00. The van der Waals surface area contributed by atoms with E-state index in [0.717, 1.165) is 42.1 Å². The number of fused-ring (bicyclic) bond motifs is 1. The van der Waals surface area contributed by atoms with Crippen LogP contribution in [-0.4, -0.2) is 30.5 Å². The Hall–Kier alpha value is -2.88. The predicted octanol–water partition coefficient (Wildman–Crippen LogP) is 5.79. The number of hydrogen-bond acceptors (Lipinski definition) is 2. The summed E-state index contributed by atoms with van der Waals surface area (Å²) in [4.78, 5) is 15.6. The van der Waals surface area contributed by atoms with Crippen molar-refractivity contribution in [2.24, 2.45) is 0 Å². The van der Waals surface area contributed by atoms with Gasteiger partial charge in [0.1, 0.15) is 11.6 Å². The van der Waals surface area contributed by atoms with Crippen LogP contribution in [0.25, 0.3) is 10.8 Å². The topological polar surface area (TPSA) is 29.5 Å². The van der Waals surface area contributed by atoms with Crippen molar-refractivity contribution in [2.45, 2.75) is 32.1 Å². The van der Waals surface area contributed by atoms with Crippen LogP contribution >= 0.6 is 0 Å². The summed E-state index contributed by atoms with van der Waals surface area (Å²) in [6.45, 7) is 3.81. The van der Waals surface area contributed by atoms with Gasteiger partial charge < -0.3 is 9.64 Å². The average molecular weight is 391 g/mol. The Bertz CT molecular complexity index is 999. The molecule has 0 saturated carbocycles. The number of ether oxygens (including phenoxy) is 1. The van der Waals surface area contributed by atoms with E-state index < -0.39 is 0 Å². The van der Waals surface area contributed by atoms with Gasteiger partial charge in [-0.05, 0) is 54.3 Å². The molecular weight excluding hydrogens is 365 g/mol. The predicted molar refractivity (Wildman–Crippen MR) is 114 cm³/mol. The molecule has 4 heteroatoms. The minimum atomic E-state index is -0.229. The zero-order valence-corrected chi connectivity index (χ0v) is 16.7. The van der Waals surface area contributed by atoms with Crippen molar-refractivity contribution < 1.29 is 13.9 Å². The molecule has 0 aliphatic carbocycles. The standard InChI is InChI=1S/C25H26FNO2/c1-2-29-23-15-12-19-7-3-4-9-22(19)24(23)25(28)27-16-6-5-8-20(17-27)18-10-13-21(26)14-11-18/h3-4,7,9-15,20H,2,5-6,8,16-17H2,1H3. The molecule has 1 fully saturated rings. The van der Waals surface area contributed by atoms with E-state index in [0.29, 0.717) is 24.5 Å². The van der Waals surface area contributed by atoms with Crippen LogP contribution in [-0.2, 0) is 0 Å².